The summed E-state index contributed by atoms with van der Waals surface area (Å²) >= 11 is 0. The van der Waals surface area contributed by atoms with Crippen LogP contribution in [0.5, 0.6) is 0 Å². The van der Waals surface area contributed by atoms with Crippen LogP contribution in [0.3, 0.4) is 0 Å². The quantitative estimate of drug-likeness (QED) is 0.569. The van der Waals surface area contributed by atoms with E-state index in [1.807, 2.05) is 60.7 Å². The van der Waals surface area contributed by atoms with Gasteiger partial charge in [-0.05, 0) is 48.4 Å². The van der Waals surface area contributed by atoms with Crippen LogP contribution in [-0.2, 0) is 11.2 Å². The van der Waals surface area contributed by atoms with Crippen LogP contribution in [0.25, 0.3) is 0 Å². The van der Waals surface area contributed by atoms with Gasteiger partial charge in [-0.1, -0.05) is 49.4 Å². The summed E-state index contributed by atoms with van der Waals surface area (Å²) in [5, 5.41) is 8.79. The largest absolute Gasteiger partial charge is 0.376 e. The third-order valence-corrected chi connectivity index (χ3v) is 4.26. The zero-order valence-corrected chi connectivity index (χ0v) is 15.7. The Morgan fingerprint density at radius 3 is 2.29 bits per heavy atom. The number of rotatable bonds is 7. The van der Waals surface area contributed by atoms with Gasteiger partial charge in [0, 0.05) is 17.1 Å². The number of hydrogen-bond acceptors (Lipinski definition) is 3. The molecule has 3 aromatic rings. The fourth-order valence-electron chi connectivity index (χ4n) is 2.80. The molecule has 0 radical (unpaired) electrons. The Bertz CT molecular complexity index is 955. The molecule has 28 heavy (non-hydrogen) atoms. The molecule has 2 amide bonds. The summed E-state index contributed by atoms with van der Waals surface area (Å²) in [6, 6.07) is 24.1. The van der Waals surface area contributed by atoms with Gasteiger partial charge in [-0.25, -0.2) is 0 Å². The molecular weight excluding hydrogens is 350 g/mol. The average molecular weight is 373 g/mol. The minimum Gasteiger partial charge on any atom is -0.376 e. The SMILES string of the molecule is CCc1cccc(NC(=O)CNc2ccccc2C(=O)Nc2ccccc2)c1. The third kappa shape index (κ3) is 5.20. The molecule has 0 aliphatic carbocycles. The van der Waals surface area contributed by atoms with Gasteiger partial charge in [0.05, 0.1) is 12.1 Å². The van der Waals surface area contributed by atoms with Crippen molar-refractivity contribution in [2.45, 2.75) is 13.3 Å². The van der Waals surface area contributed by atoms with Crippen molar-refractivity contribution < 1.29 is 9.59 Å². The molecule has 0 aliphatic rings. The number of para-hydroxylation sites is 2. The third-order valence-electron chi connectivity index (χ3n) is 4.26. The maximum atomic E-state index is 12.6. The van der Waals surface area contributed by atoms with Gasteiger partial charge in [0.25, 0.3) is 5.91 Å². The highest BCUT2D eigenvalue weighted by Gasteiger charge is 2.12. The van der Waals surface area contributed by atoms with Crippen molar-refractivity contribution in [2.75, 3.05) is 22.5 Å². The number of carbonyl (C=O) groups excluding carboxylic acids is 2. The van der Waals surface area contributed by atoms with Gasteiger partial charge in [-0.3, -0.25) is 9.59 Å². The highest BCUT2D eigenvalue weighted by molar-refractivity contribution is 6.08. The van der Waals surface area contributed by atoms with E-state index in [0.717, 1.165) is 23.4 Å². The van der Waals surface area contributed by atoms with Crippen molar-refractivity contribution in [1.82, 2.24) is 0 Å². The van der Waals surface area contributed by atoms with Gasteiger partial charge in [0.1, 0.15) is 0 Å². The van der Waals surface area contributed by atoms with Gasteiger partial charge in [0.2, 0.25) is 5.91 Å². The summed E-state index contributed by atoms with van der Waals surface area (Å²) < 4.78 is 0. The van der Waals surface area contributed by atoms with Crippen molar-refractivity contribution in [3.8, 4) is 0 Å². The molecule has 0 aromatic heterocycles. The lowest BCUT2D eigenvalue weighted by atomic mass is 10.1. The van der Waals surface area contributed by atoms with Crippen molar-refractivity contribution in [3.05, 3.63) is 90.0 Å². The first-order valence-electron chi connectivity index (χ1n) is 9.24. The van der Waals surface area contributed by atoms with Crippen molar-refractivity contribution >= 4 is 28.9 Å². The van der Waals surface area contributed by atoms with Crippen molar-refractivity contribution in [2.24, 2.45) is 0 Å². The first kappa shape index (κ1) is 19.2. The Kier molecular flexibility index (Phi) is 6.41. The van der Waals surface area contributed by atoms with Gasteiger partial charge >= 0.3 is 0 Å². The van der Waals surface area contributed by atoms with E-state index in [-0.39, 0.29) is 18.4 Å². The summed E-state index contributed by atoms with van der Waals surface area (Å²) in [6.07, 6.45) is 0.909. The van der Waals surface area contributed by atoms with Gasteiger partial charge in [0.15, 0.2) is 0 Å². The van der Waals surface area contributed by atoms with Crippen LogP contribution in [0.2, 0.25) is 0 Å². The summed E-state index contributed by atoms with van der Waals surface area (Å²) in [4.78, 5) is 24.9. The summed E-state index contributed by atoms with van der Waals surface area (Å²) in [5.74, 6) is -0.406. The highest BCUT2D eigenvalue weighted by atomic mass is 16.2. The molecule has 3 rings (SSSR count). The lowest BCUT2D eigenvalue weighted by molar-refractivity contribution is -0.114. The first-order valence-corrected chi connectivity index (χ1v) is 9.24. The van der Waals surface area contributed by atoms with Crippen LogP contribution in [0, 0.1) is 0 Å². The number of benzene rings is 3. The highest BCUT2D eigenvalue weighted by Crippen LogP contribution is 2.17. The number of aryl methyl sites for hydroxylation is 1. The molecule has 0 atom stereocenters. The second-order valence-electron chi connectivity index (χ2n) is 6.32. The summed E-state index contributed by atoms with van der Waals surface area (Å²) in [5.41, 5.74) is 3.73. The van der Waals surface area contributed by atoms with Gasteiger partial charge in [-0.15, -0.1) is 0 Å². The summed E-state index contributed by atoms with van der Waals surface area (Å²) in [6.45, 7) is 2.13. The molecule has 0 aliphatic heterocycles. The maximum Gasteiger partial charge on any atom is 0.257 e. The molecular formula is C23H23N3O2. The van der Waals surface area contributed by atoms with E-state index in [0.29, 0.717) is 11.3 Å². The average Bonchev–Trinajstić information content (AvgIpc) is 2.73. The van der Waals surface area contributed by atoms with E-state index >= 15 is 0 Å². The molecule has 0 saturated heterocycles. The van der Waals surface area contributed by atoms with Gasteiger partial charge < -0.3 is 16.0 Å². The van der Waals surface area contributed by atoms with Crippen LogP contribution in [0.4, 0.5) is 17.1 Å². The predicted octanol–water partition coefficient (Wildman–Crippen LogP) is 4.55. The van der Waals surface area contributed by atoms with E-state index in [1.165, 1.54) is 0 Å². The Labute approximate surface area is 164 Å². The van der Waals surface area contributed by atoms with E-state index in [1.54, 1.807) is 18.2 Å². The molecule has 0 spiro atoms. The molecule has 0 saturated carbocycles. The minimum atomic E-state index is -0.231. The van der Waals surface area contributed by atoms with Crippen LogP contribution < -0.4 is 16.0 Å². The number of nitrogens with one attached hydrogen (secondary N) is 3. The van der Waals surface area contributed by atoms with Crippen LogP contribution in [0.1, 0.15) is 22.8 Å². The van der Waals surface area contributed by atoms with E-state index in [9.17, 15) is 9.59 Å². The molecule has 0 unspecified atom stereocenters. The smallest absolute Gasteiger partial charge is 0.257 e. The van der Waals surface area contributed by atoms with Crippen LogP contribution in [-0.4, -0.2) is 18.4 Å². The molecule has 5 heteroatoms. The lowest BCUT2D eigenvalue weighted by Crippen LogP contribution is -2.23. The second kappa shape index (κ2) is 9.37. The molecule has 3 N–H and O–H groups in total. The normalized spacial score (nSPS) is 10.2. The lowest BCUT2D eigenvalue weighted by Gasteiger charge is -2.13. The van der Waals surface area contributed by atoms with E-state index in [2.05, 4.69) is 22.9 Å². The van der Waals surface area contributed by atoms with Crippen LogP contribution in [0.15, 0.2) is 78.9 Å². The van der Waals surface area contributed by atoms with Crippen molar-refractivity contribution in [1.29, 1.82) is 0 Å². The van der Waals surface area contributed by atoms with Gasteiger partial charge in [-0.2, -0.15) is 0 Å². The summed E-state index contributed by atoms with van der Waals surface area (Å²) in [7, 11) is 0. The maximum absolute atomic E-state index is 12.6. The Morgan fingerprint density at radius 1 is 0.786 bits per heavy atom. The molecule has 3 aromatic carbocycles. The Hall–Kier alpha value is -3.60. The number of carbonyl (C=O) groups is 2. The second-order valence-corrected chi connectivity index (χ2v) is 6.32. The number of hydrogen-bond donors (Lipinski definition) is 3. The molecule has 5 nitrogen and oxygen atoms in total. The standard InChI is InChI=1S/C23H23N3O2/c1-2-17-9-8-12-19(15-17)25-22(27)16-24-21-14-7-6-13-20(21)23(28)26-18-10-4-3-5-11-18/h3-15,24H,2,16H2,1H3,(H,25,27)(H,26,28). The predicted molar refractivity (Wildman–Crippen MR) is 114 cm³/mol. The minimum absolute atomic E-state index is 0.0615. The fraction of sp³-hybridized carbons (Fsp3) is 0.130. The van der Waals surface area contributed by atoms with E-state index < -0.39 is 0 Å². The molecule has 0 heterocycles. The topological polar surface area (TPSA) is 70.2 Å². The number of anilines is 3. The molecule has 142 valence electrons. The zero-order chi connectivity index (χ0) is 19.8. The number of amides is 2. The molecule has 0 bridgehead atoms. The first-order chi connectivity index (χ1) is 13.7. The Balaban J connectivity index is 1.63. The van der Waals surface area contributed by atoms with Crippen LogP contribution >= 0.6 is 0 Å². The van der Waals surface area contributed by atoms with Crippen molar-refractivity contribution in [3.63, 3.8) is 0 Å². The zero-order valence-electron chi connectivity index (χ0n) is 15.7. The fourth-order valence-corrected chi connectivity index (χ4v) is 2.80. The Morgan fingerprint density at radius 2 is 1.50 bits per heavy atom. The van der Waals surface area contributed by atoms with E-state index in [4.69, 9.17) is 0 Å². The monoisotopic (exact) mass is 373 g/mol. The molecule has 0 fully saturated rings.